The van der Waals surface area contributed by atoms with Crippen LogP contribution in [0.1, 0.15) is 24.8 Å². The summed E-state index contributed by atoms with van der Waals surface area (Å²) in [6.07, 6.45) is 3.77. The number of nitrogens with one attached hydrogen (secondary N) is 2. The van der Waals surface area contributed by atoms with Crippen LogP contribution in [0.3, 0.4) is 0 Å². The van der Waals surface area contributed by atoms with Crippen molar-refractivity contribution in [2.24, 2.45) is 5.92 Å². The van der Waals surface area contributed by atoms with Gasteiger partial charge >= 0.3 is 0 Å². The number of fused-ring (bicyclic) bond motifs is 1. The first-order valence-corrected chi connectivity index (χ1v) is 8.26. The van der Waals surface area contributed by atoms with Gasteiger partial charge in [0.1, 0.15) is 0 Å². The second-order valence-electron chi connectivity index (χ2n) is 6.18. The van der Waals surface area contributed by atoms with Crippen LogP contribution in [0.4, 0.5) is 0 Å². The zero-order chi connectivity index (χ0) is 15.2. The van der Waals surface area contributed by atoms with Crippen molar-refractivity contribution in [2.45, 2.75) is 25.7 Å². The van der Waals surface area contributed by atoms with Crippen molar-refractivity contribution in [1.82, 2.24) is 10.6 Å². The predicted octanol–water partition coefficient (Wildman–Crippen LogP) is 3.31. The van der Waals surface area contributed by atoms with E-state index >= 15 is 0 Å². The van der Waals surface area contributed by atoms with Crippen molar-refractivity contribution in [1.29, 1.82) is 0 Å². The average molecular weight is 333 g/mol. The Bertz CT molecular complexity index is 638. The topological polar surface area (TPSA) is 41.1 Å². The second kappa shape index (κ2) is 8.90. The molecule has 4 heteroatoms. The molecule has 0 aliphatic carbocycles. The molecule has 0 aromatic heterocycles. The van der Waals surface area contributed by atoms with Gasteiger partial charge in [-0.2, -0.15) is 0 Å². The van der Waals surface area contributed by atoms with Crippen LogP contribution < -0.4 is 10.6 Å². The Morgan fingerprint density at radius 3 is 2.78 bits per heavy atom. The van der Waals surface area contributed by atoms with Gasteiger partial charge < -0.3 is 10.6 Å². The summed E-state index contributed by atoms with van der Waals surface area (Å²) in [6.45, 7) is 2.90. The molecule has 0 saturated carbocycles. The average Bonchev–Trinajstić information content (AvgIpc) is 3.06. The van der Waals surface area contributed by atoms with Gasteiger partial charge in [-0.3, -0.25) is 4.79 Å². The molecule has 1 amide bonds. The van der Waals surface area contributed by atoms with Crippen LogP contribution in [0, 0.1) is 5.92 Å². The third kappa shape index (κ3) is 5.22. The van der Waals surface area contributed by atoms with Gasteiger partial charge in [-0.25, -0.2) is 0 Å². The highest BCUT2D eigenvalue weighted by Crippen LogP contribution is 2.16. The number of benzene rings is 2. The van der Waals surface area contributed by atoms with E-state index in [4.69, 9.17) is 0 Å². The van der Waals surface area contributed by atoms with Crippen LogP contribution in [0.5, 0.6) is 0 Å². The Balaban J connectivity index is 0.00000192. The first-order valence-electron chi connectivity index (χ1n) is 8.26. The summed E-state index contributed by atoms with van der Waals surface area (Å²) in [6, 6.07) is 14.9. The van der Waals surface area contributed by atoms with Gasteiger partial charge in [0.2, 0.25) is 5.91 Å². The standard InChI is InChI=1S/C19H24N2O.ClH/c22-19(8-6-16-9-11-20-14-16)21-12-10-15-5-7-17-3-1-2-4-18(17)13-15;/h1-5,7,13,16,20H,6,8-12,14H2,(H,21,22);1H. The molecule has 1 aliphatic heterocycles. The van der Waals surface area contributed by atoms with Crippen LogP contribution in [-0.2, 0) is 11.2 Å². The minimum Gasteiger partial charge on any atom is -0.356 e. The van der Waals surface area contributed by atoms with Gasteiger partial charge in [-0.1, -0.05) is 42.5 Å². The zero-order valence-corrected chi connectivity index (χ0v) is 14.2. The van der Waals surface area contributed by atoms with E-state index in [1.165, 1.54) is 22.8 Å². The lowest BCUT2D eigenvalue weighted by Crippen LogP contribution is -2.26. The van der Waals surface area contributed by atoms with E-state index in [1.807, 2.05) is 0 Å². The molecular formula is C19H25ClN2O. The molecule has 1 atom stereocenters. The highest BCUT2D eigenvalue weighted by atomic mass is 35.5. The van der Waals surface area contributed by atoms with E-state index < -0.39 is 0 Å². The molecule has 23 heavy (non-hydrogen) atoms. The molecule has 1 unspecified atom stereocenters. The maximum Gasteiger partial charge on any atom is 0.220 e. The molecule has 3 nitrogen and oxygen atoms in total. The van der Waals surface area contributed by atoms with Gasteiger partial charge in [0.05, 0.1) is 0 Å². The molecule has 1 aliphatic rings. The monoisotopic (exact) mass is 332 g/mol. The molecule has 0 spiro atoms. The number of carbonyl (C=O) groups is 1. The van der Waals surface area contributed by atoms with Crippen LogP contribution in [0.15, 0.2) is 42.5 Å². The molecule has 2 aromatic carbocycles. The van der Waals surface area contributed by atoms with Crippen molar-refractivity contribution in [3.8, 4) is 0 Å². The van der Waals surface area contributed by atoms with Crippen molar-refractivity contribution in [3.05, 3.63) is 48.0 Å². The number of hydrogen-bond donors (Lipinski definition) is 2. The van der Waals surface area contributed by atoms with Crippen LogP contribution in [0.25, 0.3) is 10.8 Å². The van der Waals surface area contributed by atoms with Crippen molar-refractivity contribution in [2.75, 3.05) is 19.6 Å². The molecule has 124 valence electrons. The van der Waals surface area contributed by atoms with Gasteiger partial charge in [-0.05, 0) is 54.6 Å². The maximum atomic E-state index is 11.9. The van der Waals surface area contributed by atoms with Crippen LogP contribution >= 0.6 is 12.4 Å². The molecule has 2 aromatic rings. The lowest BCUT2D eigenvalue weighted by atomic mass is 10.0. The Labute approximate surface area is 144 Å². The molecule has 0 bridgehead atoms. The van der Waals surface area contributed by atoms with Gasteiger partial charge in [0.15, 0.2) is 0 Å². The predicted molar refractivity (Wildman–Crippen MR) is 98.1 cm³/mol. The number of rotatable bonds is 6. The fourth-order valence-electron chi connectivity index (χ4n) is 3.12. The summed E-state index contributed by atoms with van der Waals surface area (Å²) in [5.41, 5.74) is 1.28. The quantitative estimate of drug-likeness (QED) is 0.852. The Morgan fingerprint density at radius 1 is 1.17 bits per heavy atom. The highest BCUT2D eigenvalue weighted by Gasteiger charge is 2.15. The van der Waals surface area contributed by atoms with Gasteiger partial charge in [0.25, 0.3) is 0 Å². The Hall–Kier alpha value is -1.58. The van der Waals surface area contributed by atoms with E-state index in [0.29, 0.717) is 12.3 Å². The second-order valence-corrected chi connectivity index (χ2v) is 6.18. The Morgan fingerprint density at radius 2 is 2.00 bits per heavy atom. The van der Waals surface area contributed by atoms with E-state index in [0.717, 1.165) is 32.5 Å². The summed E-state index contributed by atoms with van der Waals surface area (Å²) < 4.78 is 0. The van der Waals surface area contributed by atoms with Crippen LogP contribution in [-0.4, -0.2) is 25.5 Å². The molecule has 1 saturated heterocycles. The molecule has 0 radical (unpaired) electrons. The van der Waals surface area contributed by atoms with Crippen molar-refractivity contribution in [3.63, 3.8) is 0 Å². The fourth-order valence-corrected chi connectivity index (χ4v) is 3.12. The third-order valence-corrected chi connectivity index (χ3v) is 4.49. The molecule has 2 N–H and O–H groups in total. The molecule has 3 rings (SSSR count). The molecular weight excluding hydrogens is 308 g/mol. The number of hydrogen-bond acceptors (Lipinski definition) is 2. The number of halogens is 1. The summed E-state index contributed by atoms with van der Waals surface area (Å²) in [7, 11) is 0. The molecule has 1 fully saturated rings. The van der Waals surface area contributed by atoms with Gasteiger partial charge in [-0.15, -0.1) is 12.4 Å². The van der Waals surface area contributed by atoms with Crippen molar-refractivity contribution >= 4 is 29.1 Å². The van der Waals surface area contributed by atoms with E-state index in [2.05, 4.69) is 53.1 Å². The van der Waals surface area contributed by atoms with E-state index in [1.54, 1.807) is 0 Å². The minimum absolute atomic E-state index is 0. The first kappa shape index (κ1) is 17.8. The maximum absolute atomic E-state index is 11.9. The highest BCUT2D eigenvalue weighted by molar-refractivity contribution is 5.85. The Kier molecular flexibility index (Phi) is 6.87. The summed E-state index contributed by atoms with van der Waals surface area (Å²) >= 11 is 0. The van der Waals surface area contributed by atoms with Crippen molar-refractivity contribution < 1.29 is 4.79 Å². The number of amides is 1. The van der Waals surface area contributed by atoms with Crippen LogP contribution in [0.2, 0.25) is 0 Å². The normalized spacial score (nSPS) is 17.0. The zero-order valence-electron chi connectivity index (χ0n) is 13.4. The minimum atomic E-state index is 0. The lowest BCUT2D eigenvalue weighted by Gasteiger charge is -2.09. The lowest BCUT2D eigenvalue weighted by molar-refractivity contribution is -0.121. The fraction of sp³-hybridized carbons (Fsp3) is 0.421. The summed E-state index contributed by atoms with van der Waals surface area (Å²) in [5, 5.41) is 8.92. The van der Waals surface area contributed by atoms with Gasteiger partial charge in [0, 0.05) is 13.0 Å². The van der Waals surface area contributed by atoms with E-state index in [-0.39, 0.29) is 18.3 Å². The van der Waals surface area contributed by atoms with E-state index in [9.17, 15) is 4.79 Å². The third-order valence-electron chi connectivity index (χ3n) is 4.49. The molecule has 1 heterocycles. The first-order chi connectivity index (χ1) is 10.8. The SMILES string of the molecule is Cl.O=C(CCC1CCNC1)NCCc1ccc2ccccc2c1. The summed E-state index contributed by atoms with van der Waals surface area (Å²) in [5.74, 6) is 0.874. The largest absolute Gasteiger partial charge is 0.356 e. The summed E-state index contributed by atoms with van der Waals surface area (Å²) in [4.78, 5) is 11.9. The smallest absolute Gasteiger partial charge is 0.220 e. The number of carbonyl (C=O) groups excluding carboxylic acids is 1.